The molecule has 0 amide bonds. The maximum atomic E-state index is 13.1. The number of hydrogen-bond acceptors (Lipinski definition) is 15. The van der Waals surface area contributed by atoms with Crippen LogP contribution in [0.3, 0.4) is 0 Å². The summed E-state index contributed by atoms with van der Waals surface area (Å²) in [4.78, 5) is 73.0. The van der Waals surface area contributed by atoms with Gasteiger partial charge in [0.25, 0.3) is 0 Å². The van der Waals surface area contributed by atoms with Gasteiger partial charge in [-0.05, 0) is 103 Å². The van der Waals surface area contributed by atoms with E-state index in [1.54, 1.807) is 0 Å². The number of carbonyl (C=O) groups is 4. The Morgan fingerprint density at radius 3 is 0.827 bits per heavy atom. The van der Waals surface area contributed by atoms with Crippen molar-refractivity contribution < 1.29 is 80.2 Å². The Kier molecular flexibility index (Phi) is 73.3. The zero-order chi connectivity index (χ0) is 76.0. The molecule has 598 valence electrons. The van der Waals surface area contributed by atoms with Gasteiger partial charge in [0.1, 0.15) is 19.3 Å². The molecule has 5 unspecified atom stereocenters. The minimum Gasteiger partial charge on any atom is -0.462 e. The van der Waals surface area contributed by atoms with Crippen molar-refractivity contribution in [1.29, 1.82) is 0 Å². The maximum absolute atomic E-state index is 13.1. The second-order valence-electron chi connectivity index (χ2n) is 27.0. The maximum Gasteiger partial charge on any atom is 0.472 e. The molecule has 3 N–H and O–H groups in total. The van der Waals surface area contributed by atoms with Crippen molar-refractivity contribution in [2.75, 3.05) is 39.6 Å². The van der Waals surface area contributed by atoms with Crippen molar-refractivity contribution in [3.05, 3.63) is 122 Å². The lowest BCUT2D eigenvalue weighted by Crippen LogP contribution is -2.30. The molecule has 0 aliphatic heterocycles. The van der Waals surface area contributed by atoms with Gasteiger partial charge < -0.3 is 33.8 Å². The van der Waals surface area contributed by atoms with Crippen LogP contribution in [-0.2, 0) is 65.4 Å². The third kappa shape index (κ3) is 75.7. The van der Waals surface area contributed by atoms with Crippen molar-refractivity contribution in [3.8, 4) is 0 Å². The molecule has 0 rings (SSSR count). The smallest absolute Gasteiger partial charge is 0.462 e. The van der Waals surface area contributed by atoms with E-state index in [4.69, 9.17) is 37.0 Å². The van der Waals surface area contributed by atoms with Crippen molar-refractivity contribution in [2.24, 2.45) is 0 Å². The Hall–Kier alpha value is -4.54. The minimum absolute atomic E-state index is 0.0365. The second-order valence-corrected chi connectivity index (χ2v) is 29.9. The highest BCUT2D eigenvalue weighted by atomic mass is 31.2. The molecule has 0 aromatic heterocycles. The molecular weight excluding hydrogens is 1350 g/mol. The highest BCUT2D eigenvalue weighted by Gasteiger charge is 2.30. The number of phosphoric ester groups is 2. The van der Waals surface area contributed by atoms with Gasteiger partial charge in [0, 0.05) is 25.7 Å². The average Bonchev–Trinajstić information content (AvgIpc) is 0.911. The van der Waals surface area contributed by atoms with Gasteiger partial charge in [-0.2, -0.15) is 0 Å². The number of rotatable bonds is 76. The van der Waals surface area contributed by atoms with Crippen molar-refractivity contribution in [3.63, 3.8) is 0 Å². The van der Waals surface area contributed by atoms with Crippen LogP contribution in [0.15, 0.2) is 122 Å². The lowest BCUT2D eigenvalue weighted by Gasteiger charge is -2.21. The van der Waals surface area contributed by atoms with E-state index in [2.05, 4.69) is 131 Å². The summed E-state index contributed by atoms with van der Waals surface area (Å²) in [5.41, 5.74) is 0. The molecule has 0 aromatic carbocycles. The lowest BCUT2D eigenvalue weighted by atomic mass is 10.0. The number of esters is 4. The highest BCUT2D eigenvalue weighted by Crippen LogP contribution is 2.45. The number of aliphatic hydroxyl groups excluding tert-OH is 1. The first-order chi connectivity index (χ1) is 50.7. The van der Waals surface area contributed by atoms with E-state index >= 15 is 0 Å². The fourth-order valence-corrected chi connectivity index (χ4v) is 12.4. The fraction of sp³-hybridized carbons (Fsp3) is 0.718. The first kappa shape index (κ1) is 99.5. The van der Waals surface area contributed by atoms with Crippen LogP contribution < -0.4 is 0 Å². The quantitative estimate of drug-likeness (QED) is 0.0169. The van der Waals surface area contributed by atoms with Gasteiger partial charge in [-0.25, -0.2) is 9.13 Å². The summed E-state index contributed by atoms with van der Waals surface area (Å²) in [6.45, 7) is 4.58. The largest absolute Gasteiger partial charge is 0.472 e. The van der Waals surface area contributed by atoms with Crippen molar-refractivity contribution >= 4 is 39.5 Å². The molecule has 0 aliphatic carbocycles. The molecule has 19 heteroatoms. The number of unbranched alkanes of at least 4 members (excludes halogenated alkanes) is 30. The summed E-state index contributed by atoms with van der Waals surface area (Å²) < 4.78 is 68.6. The molecule has 0 heterocycles. The molecule has 0 radical (unpaired) electrons. The van der Waals surface area contributed by atoms with Gasteiger partial charge in [-0.15, -0.1) is 0 Å². The second kappa shape index (κ2) is 76.6. The zero-order valence-electron chi connectivity index (χ0n) is 65.4. The monoisotopic (exact) mass is 1500 g/mol. The van der Waals surface area contributed by atoms with E-state index in [1.165, 1.54) is 116 Å². The molecule has 0 spiro atoms. The standard InChI is InChI=1S/C85H146O17P2/c1-5-9-13-17-21-25-29-33-36-38-39-41-44-47-50-54-58-62-66-70-83(88)96-76-81(102-85(90)72-68-64-60-56-52-48-42-35-31-27-23-19-15-11-7-3)78-100-104(93,94)98-74-79(86)73-97-103(91,92)99-77-80(101-84(89)71-67-63-59-55-51-45-32-28-24-20-16-12-8-4)75-95-82(87)69-65-61-57-53-49-46-43-40-37-34-30-26-22-18-14-10-6-2/h9-10,13-14,21-22,25-26,33-34,36-37,39,41,43,46-47,50,58,62,79-81,86H,5-8,11-12,15-20,23-24,27-32,35,38,40,42,44-45,48-49,51-57,59-61,63-78H2,1-4H3,(H,91,92)(H,93,94)/b13-9-,14-10-,25-21-,26-22-,36-33-,37-34-,41-39-,46-43-,50-47-,62-58-. The summed E-state index contributed by atoms with van der Waals surface area (Å²) in [5, 5.41) is 10.6. The van der Waals surface area contributed by atoms with Crippen LogP contribution in [0.4, 0.5) is 0 Å². The fourth-order valence-electron chi connectivity index (χ4n) is 10.8. The minimum atomic E-state index is -4.99. The van der Waals surface area contributed by atoms with Crippen molar-refractivity contribution in [2.45, 2.75) is 354 Å². The Labute approximate surface area is 632 Å². The van der Waals surface area contributed by atoms with Gasteiger partial charge in [0.15, 0.2) is 12.2 Å². The number of ether oxygens (including phenoxy) is 4. The van der Waals surface area contributed by atoms with E-state index in [-0.39, 0.29) is 25.7 Å². The third-order valence-electron chi connectivity index (χ3n) is 17.0. The van der Waals surface area contributed by atoms with Crippen LogP contribution in [0.25, 0.3) is 0 Å². The summed E-state index contributed by atoms with van der Waals surface area (Å²) in [6.07, 6.45) is 84.7. The van der Waals surface area contributed by atoms with Gasteiger partial charge in [-0.1, -0.05) is 329 Å². The first-order valence-corrected chi connectivity index (χ1v) is 43.8. The van der Waals surface area contributed by atoms with Gasteiger partial charge >= 0.3 is 39.5 Å². The molecule has 0 fully saturated rings. The predicted octanol–water partition coefficient (Wildman–Crippen LogP) is 23.9. The Bertz CT molecular complexity index is 2440. The Balaban J connectivity index is 5.42. The molecule has 104 heavy (non-hydrogen) atoms. The normalized spacial score (nSPS) is 14.5. The molecule has 0 bridgehead atoms. The molecule has 0 saturated heterocycles. The molecule has 0 saturated carbocycles. The van der Waals surface area contributed by atoms with E-state index in [1.807, 2.05) is 18.2 Å². The zero-order valence-corrected chi connectivity index (χ0v) is 67.2. The topological polar surface area (TPSA) is 237 Å². The molecule has 17 nitrogen and oxygen atoms in total. The Morgan fingerprint density at radius 1 is 0.279 bits per heavy atom. The van der Waals surface area contributed by atoms with Crippen LogP contribution in [0.1, 0.15) is 336 Å². The number of allylic oxidation sites excluding steroid dienone is 20. The van der Waals surface area contributed by atoms with E-state index in [9.17, 15) is 43.2 Å². The molecule has 5 atom stereocenters. The van der Waals surface area contributed by atoms with Gasteiger partial charge in [-0.3, -0.25) is 37.3 Å². The number of aliphatic hydroxyl groups is 1. The number of phosphoric acid groups is 2. The van der Waals surface area contributed by atoms with Crippen LogP contribution in [0, 0.1) is 0 Å². The number of hydrogen-bond donors (Lipinski definition) is 3. The van der Waals surface area contributed by atoms with E-state index < -0.39 is 97.5 Å². The van der Waals surface area contributed by atoms with E-state index in [0.717, 1.165) is 135 Å². The van der Waals surface area contributed by atoms with Gasteiger partial charge in [0.2, 0.25) is 0 Å². The lowest BCUT2D eigenvalue weighted by molar-refractivity contribution is -0.161. The van der Waals surface area contributed by atoms with E-state index in [0.29, 0.717) is 32.1 Å². The highest BCUT2D eigenvalue weighted by molar-refractivity contribution is 7.47. The first-order valence-electron chi connectivity index (χ1n) is 40.8. The summed E-state index contributed by atoms with van der Waals surface area (Å²) >= 11 is 0. The predicted molar refractivity (Wildman–Crippen MR) is 427 cm³/mol. The van der Waals surface area contributed by atoms with Crippen LogP contribution in [-0.4, -0.2) is 96.7 Å². The van der Waals surface area contributed by atoms with Crippen LogP contribution >= 0.6 is 15.6 Å². The molecule has 0 aliphatic rings. The van der Waals surface area contributed by atoms with Crippen LogP contribution in [0.5, 0.6) is 0 Å². The molecule has 0 aromatic rings. The molecular formula is C85H146O17P2. The van der Waals surface area contributed by atoms with Gasteiger partial charge in [0.05, 0.1) is 26.4 Å². The van der Waals surface area contributed by atoms with Crippen molar-refractivity contribution in [1.82, 2.24) is 0 Å². The SMILES string of the molecule is CC/C=C\C/C=C\C/C=C\C/C=C\C/C=C\C/C=C\CCC(=O)OCC(COP(=O)(O)OCC(O)COP(=O)(O)OCC(COC(=O)CCCCCC/C=C\C/C=C\C/C=C\C/C=C\CC)OC(=O)CCCCCCCCCCCCCCC)OC(=O)CCCCCCCCCCCCCCCCC. The average molecular weight is 1500 g/mol. The summed E-state index contributed by atoms with van der Waals surface area (Å²) in [6, 6.07) is 0. The third-order valence-corrected chi connectivity index (χ3v) is 18.9. The van der Waals surface area contributed by atoms with Crippen LogP contribution in [0.2, 0.25) is 0 Å². The number of carbonyl (C=O) groups excluding carboxylic acids is 4. The Morgan fingerprint density at radius 2 is 0.519 bits per heavy atom. The summed E-state index contributed by atoms with van der Waals surface area (Å²) in [7, 11) is -9.98. The summed E-state index contributed by atoms with van der Waals surface area (Å²) in [5.74, 6) is -2.28.